The first-order chi connectivity index (χ1) is 6.93. The maximum atomic E-state index is 10.6. The summed E-state index contributed by atoms with van der Waals surface area (Å²) in [5.41, 5.74) is -0.129. The molecule has 0 aromatic heterocycles. The Hall–Kier alpha value is -0.0800. The third kappa shape index (κ3) is 4.12. The number of hydrogen-bond donors (Lipinski definition) is 0. The van der Waals surface area contributed by atoms with Crippen LogP contribution in [0.1, 0.15) is 46.5 Å². The minimum Gasteiger partial charge on any atom is -0.366 e. The van der Waals surface area contributed by atoms with Crippen LogP contribution < -0.4 is 0 Å². The van der Waals surface area contributed by atoms with E-state index in [0.717, 1.165) is 24.7 Å². The second-order valence-electron chi connectivity index (χ2n) is 5.18. The molecule has 15 heavy (non-hydrogen) atoms. The molecule has 0 atom stereocenters. The molecule has 0 spiro atoms. The molecule has 1 saturated carbocycles. The standard InChI is InChI=1S/C12H21ClO2/c1-9(2)10-4-6-12(3,7-5-10)15-8-11(13)14/h9-10H,4-8H2,1-3H3. The Morgan fingerprint density at radius 3 is 2.40 bits per heavy atom. The molecule has 0 bridgehead atoms. The molecular weight excluding hydrogens is 212 g/mol. The summed E-state index contributed by atoms with van der Waals surface area (Å²) < 4.78 is 5.58. The number of rotatable bonds is 4. The molecule has 1 fully saturated rings. The molecule has 0 unspecified atom stereocenters. The van der Waals surface area contributed by atoms with Crippen LogP contribution in [-0.2, 0) is 9.53 Å². The summed E-state index contributed by atoms with van der Waals surface area (Å²) in [6.07, 6.45) is 4.48. The monoisotopic (exact) mass is 232 g/mol. The van der Waals surface area contributed by atoms with Crippen LogP contribution in [0.15, 0.2) is 0 Å². The van der Waals surface area contributed by atoms with Gasteiger partial charge in [0.25, 0.3) is 0 Å². The van der Waals surface area contributed by atoms with Gasteiger partial charge in [-0.3, -0.25) is 4.79 Å². The molecule has 1 aliphatic rings. The minimum absolute atomic E-state index is 0.0460. The second-order valence-corrected chi connectivity index (χ2v) is 5.60. The minimum atomic E-state index is -0.401. The molecule has 3 heteroatoms. The molecule has 1 aliphatic carbocycles. The number of carbonyl (C=O) groups excluding carboxylic acids is 1. The zero-order valence-electron chi connectivity index (χ0n) is 9.88. The Bertz CT molecular complexity index is 218. The molecule has 1 rings (SSSR count). The van der Waals surface area contributed by atoms with E-state index in [0.29, 0.717) is 0 Å². The maximum absolute atomic E-state index is 10.6. The van der Waals surface area contributed by atoms with Gasteiger partial charge in [-0.1, -0.05) is 13.8 Å². The first-order valence-electron chi connectivity index (χ1n) is 5.75. The van der Waals surface area contributed by atoms with Crippen molar-refractivity contribution in [2.24, 2.45) is 11.8 Å². The predicted molar refractivity (Wildman–Crippen MR) is 62.0 cm³/mol. The van der Waals surface area contributed by atoms with E-state index in [4.69, 9.17) is 16.3 Å². The van der Waals surface area contributed by atoms with Crippen LogP contribution in [0.2, 0.25) is 0 Å². The lowest BCUT2D eigenvalue weighted by molar-refractivity contribution is -0.126. The van der Waals surface area contributed by atoms with Crippen LogP contribution in [0.25, 0.3) is 0 Å². The van der Waals surface area contributed by atoms with Crippen LogP contribution in [0.3, 0.4) is 0 Å². The Kier molecular flexibility index (Phi) is 4.60. The highest BCUT2D eigenvalue weighted by Crippen LogP contribution is 2.37. The van der Waals surface area contributed by atoms with Crippen LogP contribution in [0.5, 0.6) is 0 Å². The van der Waals surface area contributed by atoms with Crippen molar-refractivity contribution in [2.45, 2.75) is 52.1 Å². The smallest absolute Gasteiger partial charge is 0.247 e. The molecule has 0 N–H and O–H groups in total. The normalized spacial score (nSPS) is 31.9. The van der Waals surface area contributed by atoms with E-state index in [2.05, 4.69) is 20.8 Å². The van der Waals surface area contributed by atoms with Gasteiger partial charge in [0.1, 0.15) is 6.61 Å². The summed E-state index contributed by atoms with van der Waals surface area (Å²) in [6.45, 7) is 6.68. The number of hydrogen-bond acceptors (Lipinski definition) is 2. The van der Waals surface area contributed by atoms with Gasteiger partial charge in [0, 0.05) is 0 Å². The van der Waals surface area contributed by atoms with Gasteiger partial charge < -0.3 is 4.74 Å². The first kappa shape index (κ1) is 13.0. The zero-order valence-corrected chi connectivity index (χ0v) is 10.6. The van der Waals surface area contributed by atoms with Crippen molar-refractivity contribution < 1.29 is 9.53 Å². The molecular formula is C12H21ClO2. The van der Waals surface area contributed by atoms with Crippen LogP contribution in [0, 0.1) is 11.8 Å². The van der Waals surface area contributed by atoms with Gasteiger partial charge in [0.05, 0.1) is 5.60 Å². The Morgan fingerprint density at radius 1 is 1.47 bits per heavy atom. The second kappa shape index (κ2) is 5.31. The fourth-order valence-electron chi connectivity index (χ4n) is 2.29. The van der Waals surface area contributed by atoms with Crippen molar-refractivity contribution in [2.75, 3.05) is 6.61 Å². The first-order valence-corrected chi connectivity index (χ1v) is 6.13. The van der Waals surface area contributed by atoms with Gasteiger partial charge in [-0.25, -0.2) is 0 Å². The summed E-state index contributed by atoms with van der Waals surface area (Å²) in [7, 11) is 0. The van der Waals surface area contributed by atoms with Gasteiger partial charge >= 0.3 is 0 Å². The van der Waals surface area contributed by atoms with Crippen molar-refractivity contribution in [1.29, 1.82) is 0 Å². The van der Waals surface area contributed by atoms with E-state index >= 15 is 0 Å². The quantitative estimate of drug-likeness (QED) is 0.695. The van der Waals surface area contributed by atoms with Crippen LogP contribution in [0.4, 0.5) is 0 Å². The van der Waals surface area contributed by atoms with E-state index in [9.17, 15) is 4.79 Å². The summed E-state index contributed by atoms with van der Waals surface area (Å²) >= 11 is 5.27. The van der Waals surface area contributed by atoms with Crippen molar-refractivity contribution in [3.8, 4) is 0 Å². The number of carbonyl (C=O) groups is 1. The predicted octanol–water partition coefficient (Wildman–Crippen LogP) is 3.37. The van der Waals surface area contributed by atoms with Crippen LogP contribution >= 0.6 is 11.6 Å². The SMILES string of the molecule is CC(C)C1CCC(C)(OCC(=O)Cl)CC1. The van der Waals surface area contributed by atoms with E-state index in [1.54, 1.807) is 0 Å². The topological polar surface area (TPSA) is 26.3 Å². The molecule has 0 amide bonds. The van der Waals surface area contributed by atoms with Crippen molar-refractivity contribution in [3.05, 3.63) is 0 Å². The van der Waals surface area contributed by atoms with Crippen molar-refractivity contribution in [1.82, 2.24) is 0 Å². The van der Waals surface area contributed by atoms with Gasteiger partial charge in [-0.15, -0.1) is 0 Å². The van der Waals surface area contributed by atoms with Gasteiger partial charge in [0.2, 0.25) is 5.24 Å². The molecule has 0 saturated heterocycles. The van der Waals surface area contributed by atoms with E-state index in [-0.39, 0.29) is 12.2 Å². The molecule has 2 nitrogen and oxygen atoms in total. The third-order valence-electron chi connectivity index (χ3n) is 3.56. The van der Waals surface area contributed by atoms with Gasteiger partial charge in [0.15, 0.2) is 0 Å². The summed E-state index contributed by atoms with van der Waals surface area (Å²) in [4.78, 5) is 10.6. The highest BCUT2D eigenvalue weighted by molar-refractivity contribution is 6.63. The van der Waals surface area contributed by atoms with Gasteiger partial charge in [-0.05, 0) is 56.0 Å². The molecule has 0 aromatic rings. The Morgan fingerprint density at radius 2 is 2.00 bits per heavy atom. The van der Waals surface area contributed by atoms with E-state index in [1.807, 2.05) is 0 Å². The fourth-order valence-corrected chi connectivity index (χ4v) is 2.35. The summed E-state index contributed by atoms with van der Waals surface area (Å²) in [6, 6.07) is 0. The molecule has 0 aromatic carbocycles. The van der Waals surface area contributed by atoms with E-state index < -0.39 is 5.24 Å². The Balaban J connectivity index is 2.37. The lowest BCUT2D eigenvalue weighted by atomic mass is 9.75. The molecule has 0 heterocycles. The summed E-state index contributed by atoms with van der Waals surface area (Å²) in [5.74, 6) is 1.57. The highest BCUT2D eigenvalue weighted by Gasteiger charge is 2.33. The van der Waals surface area contributed by atoms with Crippen LogP contribution in [-0.4, -0.2) is 17.5 Å². The number of ether oxygens (including phenoxy) is 1. The zero-order chi connectivity index (χ0) is 11.5. The molecule has 0 aliphatic heterocycles. The maximum Gasteiger partial charge on any atom is 0.247 e. The average Bonchev–Trinajstić information content (AvgIpc) is 2.16. The molecule has 0 radical (unpaired) electrons. The third-order valence-corrected chi connectivity index (χ3v) is 3.67. The molecule has 88 valence electrons. The van der Waals surface area contributed by atoms with Gasteiger partial charge in [-0.2, -0.15) is 0 Å². The number of halogens is 1. The lowest BCUT2D eigenvalue weighted by Crippen LogP contribution is -2.36. The summed E-state index contributed by atoms with van der Waals surface area (Å²) in [5, 5.41) is -0.401. The van der Waals surface area contributed by atoms with Crippen molar-refractivity contribution >= 4 is 16.8 Å². The average molecular weight is 233 g/mol. The lowest BCUT2D eigenvalue weighted by Gasteiger charge is -2.38. The highest BCUT2D eigenvalue weighted by atomic mass is 35.5. The Labute approximate surface area is 97.3 Å². The largest absolute Gasteiger partial charge is 0.366 e. The van der Waals surface area contributed by atoms with E-state index in [1.165, 1.54) is 12.8 Å². The van der Waals surface area contributed by atoms with Crippen molar-refractivity contribution in [3.63, 3.8) is 0 Å². The fraction of sp³-hybridized carbons (Fsp3) is 0.917.